The minimum absolute atomic E-state index is 0.0241. The molecule has 0 saturated heterocycles. The van der Waals surface area contributed by atoms with Crippen LogP contribution in [0.3, 0.4) is 0 Å². The van der Waals surface area contributed by atoms with Gasteiger partial charge in [-0.3, -0.25) is 4.57 Å². The number of methoxy groups -OCH3 is 2. The Kier molecular flexibility index (Phi) is 7.10. The number of ether oxygens (including phenoxy) is 3. The van der Waals surface area contributed by atoms with Crippen molar-refractivity contribution >= 4 is 33.8 Å². The Morgan fingerprint density at radius 2 is 1.71 bits per heavy atom. The summed E-state index contributed by atoms with van der Waals surface area (Å²) in [6.45, 7) is 2.18. The first kappa shape index (κ1) is 23.7. The summed E-state index contributed by atoms with van der Waals surface area (Å²) in [5.41, 5.74) is 1.76. The average Bonchev–Trinajstić information content (AvgIpc) is 3.19. The number of hydrogen-bond donors (Lipinski definition) is 2. The van der Waals surface area contributed by atoms with Gasteiger partial charge in [-0.05, 0) is 25.1 Å². The lowest BCUT2D eigenvalue weighted by Gasteiger charge is -2.16. The third-order valence-corrected chi connectivity index (χ3v) is 5.48. The molecule has 0 fully saturated rings. The highest BCUT2D eigenvalue weighted by Gasteiger charge is 2.24. The summed E-state index contributed by atoms with van der Waals surface area (Å²) < 4.78 is 42.8. The molecule has 0 amide bonds. The molecule has 0 aliphatic carbocycles. The number of para-hydroxylation sites is 1. The van der Waals surface area contributed by atoms with Crippen LogP contribution in [0, 0.1) is 0 Å². The molecule has 0 unspecified atom stereocenters. The lowest BCUT2D eigenvalue weighted by molar-refractivity contribution is 0.327. The number of benzene rings is 1. The van der Waals surface area contributed by atoms with Crippen molar-refractivity contribution in [3.8, 4) is 34.6 Å². The maximum Gasteiger partial charge on any atom is 0.213 e. The second-order valence-electron chi connectivity index (χ2n) is 6.78. The van der Waals surface area contributed by atoms with Crippen molar-refractivity contribution < 1.29 is 22.6 Å². The van der Waals surface area contributed by atoms with Crippen molar-refractivity contribution in [3.05, 3.63) is 47.2 Å². The number of hydrogen-bond acceptors (Lipinski definition) is 9. The third kappa shape index (κ3) is 4.60. The quantitative estimate of drug-likeness (QED) is 0.330. The van der Waals surface area contributed by atoms with Gasteiger partial charge in [0.2, 0.25) is 16.8 Å². The van der Waals surface area contributed by atoms with Gasteiger partial charge in [-0.2, -0.15) is 0 Å². The smallest absolute Gasteiger partial charge is 0.213 e. The normalized spacial score (nSPS) is 11.2. The first-order valence-electron chi connectivity index (χ1n) is 10.1. The number of pyridine rings is 1. The van der Waals surface area contributed by atoms with Gasteiger partial charge in [-0.25, -0.2) is 33.1 Å². The van der Waals surface area contributed by atoms with Crippen LogP contribution in [0.4, 0.5) is 0 Å². The van der Waals surface area contributed by atoms with Gasteiger partial charge in [0, 0.05) is 6.07 Å². The second-order valence-corrected chi connectivity index (χ2v) is 7.96. The molecule has 4 aromatic rings. The fourth-order valence-corrected chi connectivity index (χ4v) is 3.83. The van der Waals surface area contributed by atoms with E-state index in [1.807, 2.05) is 6.92 Å². The van der Waals surface area contributed by atoms with Gasteiger partial charge in [-0.1, -0.05) is 23.7 Å². The van der Waals surface area contributed by atoms with Gasteiger partial charge < -0.3 is 14.2 Å². The van der Waals surface area contributed by atoms with Gasteiger partial charge in [0.05, 0.1) is 33.1 Å². The van der Waals surface area contributed by atoms with Gasteiger partial charge in [0.15, 0.2) is 22.3 Å². The Morgan fingerprint density at radius 1 is 1.00 bits per heavy atom. The lowest BCUT2D eigenvalue weighted by Crippen LogP contribution is -2.13. The van der Waals surface area contributed by atoms with Crippen molar-refractivity contribution in [2.75, 3.05) is 20.8 Å². The molecule has 0 aliphatic heterocycles. The fraction of sp³-hybridized carbons (Fsp3) is 0.238. The zero-order chi connectivity index (χ0) is 24.2. The summed E-state index contributed by atoms with van der Waals surface area (Å²) in [5.74, 6) is 1.78. The number of thiol groups is 1. The summed E-state index contributed by atoms with van der Waals surface area (Å²) in [5, 5.41) is 0.0241. The van der Waals surface area contributed by atoms with Crippen molar-refractivity contribution in [1.29, 1.82) is 0 Å². The second kappa shape index (κ2) is 10.2. The maximum absolute atomic E-state index is 11.0. The molecule has 3 heterocycles. The molecule has 13 heteroatoms. The fourth-order valence-electron chi connectivity index (χ4n) is 3.36. The highest BCUT2D eigenvalue weighted by Crippen LogP contribution is 2.38. The number of nitrogens with zero attached hydrogens (tertiary/aromatic N) is 5. The van der Waals surface area contributed by atoms with Crippen LogP contribution in [0.5, 0.6) is 17.4 Å². The summed E-state index contributed by atoms with van der Waals surface area (Å²) in [6.07, 6.45) is 0. The number of aromatic nitrogens is 5. The highest BCUT2D eigenvalue weighted by atomic mass is 35.5. The van der Waals surface area contributed by atoms with Gasteiger partial charge in [0.25, 0.3) is 0 Å². The Hall–Kier alpha value is -3.48. The van der Waals surface area contributed by atoms with Crippen LogP contribution in [0.15, 0.2) is 36.4 Å². The van der Waals surface area contributed by atoms with Crippen LogP contribution in [0.25, 0.3) is 28.5 Å². The van der Waals surface area contributed by atoms with E-state index in [2.05, 4.69) is 24.7 Å². The van der Waals surface area contributed by atoms with Gasteiger partial charge in [-0.15, -0.1) is 0 Å². The molecule has 0 aliphatic rings. The Bertz CT molecular complexity index is 1390. The third-order valence-electron chi connectivity index (χ3n) is 4.76. The molecule has 1 aromatic carbocycles. The Morgan fingerprint density at radius 3 is 2.35 bits per heavy atom. The van der Waals surface area contributed by atoms with Crippen molar-refractivity contribution in [3.63, 3.8) is 0 Å². The largest absolute Gasteiger partial charge is 0.494 e. The Balaban J connectivity index is 2.06. The topological polar surface area (TPSA) is 130 Å². The van der Waals surface area contributed by atoms with Crippen LogP contribution >= 0.6 is 11.6 Å². The van der Waals surface area contributed by atoms with E-state index < -0.39 is 10.9 Å². The van der Waals surface area contributed by atoms with E-state index in [9.17, 15) is 8.42 Å². The summed E-state index contributed by atoms with van der Waals surface area (Å²) >= 11 is 6.28. The van der Waals surface area contributed by atoms with E-state index in [-0.39, 0.29) is 23.0 Å². The summed E-state index contributed by atoms with van der Waals surface area (Å²) in [4.78, 5) is 18.1. The number of imidazole rings is 1. The first-order valence-corrected chi connectivity index (χ1v) is 11.7. The zero-order valence-corrected chi connectivity index (χ0v) is 20.1. The molecule has 34 heavy (non-hydrogen) atoms. The van der Waals surface area contributed by atoms with E-state index in [1.165, 1.54) is 14.2 Å². The van der Waals surface area contributed by atoms with Crippen LogP contribution < -0.4 is 18.9 Å². The standard InChI is InChI=1S/C21H21ClN6O5S/c1-4-33-16-10-5-7-12(24-16)20-27-19-21(25-13(18(22)26-19)11-23-34(29)30)28(20)17-14(31-2)8-6-9-15(17)32-3/h5-10,34H,4,11H2,1-3H3,(H,23,29,30). The molecule has 178 valence electrons. The van der Waals surface area contributed by atoms with Crippen LogP contribution in [0.1, 0.15) is 12.6 Å². The highest BCUT2D eigenvalue weighted by molar-refractivity contribution is 7.70. The maximum atomic E-state index is 11.0. The average molecular weight is 505 g/mol. The van der Waals surface area contributed by atoms with Gasteiger partial charge in [0.1, 0.15) is 22.9 Å². The molecule has 4 rings (SSSR count). The molecule has 0 atom stereocenters. The van der Waals surface area contributed by atoms with Crippen LogP contribution in [-0.4, -0.2) is 53.7 Å². The van der Waals surface area contributed by atoms with E-state index in [0.717, 1.165) is 0 Å². The van der Waals surface area contributed by atoms with E-state index in [1.54, 1.807) is 41.0 Å². The molecular weight excluding hydrogens is 484 g/mol. The van der Waals surface area contributed by atoms with Gasteiger partial charge >= 0.3 is 0 Å². The van der Waals surface area contributed by atoms with E-state index in [4.69, 9.17) is 25.8 Å². The minimum atomic E-state index is -2.85. The van der Waals surface area contributed by atoms with Crippen LogP contribution in [0.2, 0.25) is 5.15 Å². The first-order chi connectivity index (χ1) is 16.5. The monoisotopic (exact) mass is 504 g/mol. The van der Waals surface area contributed by atoms with Crippen LogP contribution in [-0.2, 0) is 17.4 Å². The SMILES string of the molecule is CCOc1cccc(-c2nc3nc(Cl)c(CN[SH](=O)=O)nc3n2-c2c(OC)cccc2OC)n1. The van der Waals surface area contributed by atoms with Crippen molar-refractivity contribution in [1.82, 2.24) is 29.2 Å². The number of rotatable bonds is 9. The van der Waals surface area contributed by atoms with Crippen molar-refractivity contribution in [2.24, 2.45) is 0 Å². The molecule has 0 bridgehead atoms. The molecular formula is C21H21ClN6O5S. The summed E-state index contributed by atoms with van der Waals surface area (Å²) in [7, 11) is 0.223. The predicted octanol–water partition coefficient (Wildman–Crippen LogP) is 2.56. The molecule has 1 N–H and O–H groups in total. The molecule has 11 nitrogen and oxygen atoms in total. The number of fused-ring (bicyclic) bond motifs is 1. The molecule has 0 spiro atoms. The summed E-state index contributed by atoms with van der Waals surface area (Å²) in [6, 6.07) is 10.6. The zero-order valence-electron chi connectivity index (χ0n) is 18.5. The Labute approximate surface area is 201 Å². The molecule has 3 aromatic heterocycles. The van der Waals surface area contributed by atoms with E-state index >= 15 is 0 Å². The van der Waals surface area contributed by atoms with E-state index in [0.29, 0.717) is 46.8 Å². The predicted molar refractivity (Wildman–Crippen MR) is 126 cm³/mol. The number of nitrogens with one attached hydrogen (secondary N) is 1. The number of halogens is 1. The minimum Gasteiger partial charge on any atom is -0.494 e. The molecule has 0 radical (unpaired) electrons. The lowest BCUT2D eigenvalue weighted by atomic mass is 10.2. The van der Waals surface area contributed by atoms with Crippen molar-refractivity contribution in [2.45, 2.75) is 13.5 Å². The molecule has 0 saturated carbocycles.